The van der Waals surface area contributed by atoms with E-state index < -0.39 is 0 Å². The Hall–Kier alpha value is -0.490. The number of benzene rings is 1. The zero-order valence-corrected chi connectivity index (χ0v) is 8.65. The quantitative estimate of drug-likeness (QED) is 0.615. The highest BCUT2D eigenvalue weighted by Gasteiger charge is 2.03. The van der Waals surface area contributed by atoms with Crippen molar-refractivity contribution in [3.63, 3.8) is 0 Å². The highest BCUT2D eigenvalue weighted by Crippen LogP contribution is 2.15. The molecule has 0 fully saturated rings. The number of aryl methyl sites for hydroxylation is 1. The molecule has 0 spiro atoms. The first-order valence-electron chi connectivity index (χ1n) is 4.30. The van der Waals surface area contributed by atoms with Crippen molar-refractivity contribution < 1.29 is 0 Å². The van der Waals surface area contributed by atoms with Gasteiger partial charge in [0.05, 0.1) is 0 Å². The largest absolute Gasteiger partial charge is 0.123 e. The summed E-state index contributed by atoms with van der Waals surface area (Å²) >= 11 is 5.94. The summed E-state index contributed by atoms with van der Waals surface area (Å²) in [4.78, 5) is 0. The molecular weight excluding hydrogens is 168 g/mol. The lowest BCUT2D eigenvalue weighted by molar-refractivity contribution is 0.919. The molecule has 66 valence electrons. The van der Waals surface area contributed by atoms with Gasteiger partial charge in [-0.2, -0.15) is 0 Å². The van der Waals surface area contributed by atoms with Crippen LogP contribution in [0.1, 0.15) is 23.6 Å². The van der Waals surface area contributed by atoms with Crippen LogP contribution in [0, 0.1) is 13.8 Å². The third-order valence-corrected chi connectivity index (χ3v) is 2.37. The Morgan fingerprint density at radius 1 is 1.33 bits per heavy atom. The second-order valence-electron chi connectivity index (χ2n) is 3.34. The van der Waals surface area contributed by atoms with Gasteiger partial charge in [0.15, 0.2) is 0 Å². The molecule has 1 aromatic carbocycles. The van der Waals surface area contributed by atoms with Crippen LogP contribution in [0.2, 0.25) is 0 Å². The summed E-state index contributed by atoms with van der Waals surface area (Å²) in [5, 5.41) is 0.227. The standard InChI is InChI=1S/C11H15Cl/c1-8-5-4-6-11(10(8)3)7-9(2)12/h4-6,9H,7H2,1-3H3. The van der Waals surface area contributed by atoms with Crippen LogP contribution in [-0.4, -0.2) is 5.38 Å². The Bertz CT molecular complexity index is 264. The summed E-state index contributed by atoms with van der Waals surface area (Å²) in [7, 11) is 0. The molecule has 0 heterocycles. The molecule has 12 heavy (non-hydrogen) atoms. The van der Waals surface area contributed by atoms with Crippen LogP contribution in [0.5, 0.6) is 0 Å². The van der Waals surface area contributed by atoms with E-state index in [9.17, 15) is 0 Å². The average molecular weight is 183 g/mol. The summed E-state index contributed by atoms with van der Waals surface area (Å²) in [6.45, 7) is 6.32. The molecule has 0 nitrogen and oxygen atoms in total. The first kappa shape index (κ1) is 9.60. The highest BCUT2D eigenvalue weighted by atomic mass is 35.5. The molecule has 0 aliphatic rings. The van der Waals surface area contributed by atoms with Crippen molar-refractivity contribution in [1.29, 1.82) is 0 Å². The summed E-state index contributed by atoms with van der Waals surface area (Å²) in [6.07, 6.45) is 0.967. The van der Waals surface area contributed by atoms with Crippen LogP contribution in [0.4, 0.5) is 0 Å². The fourth-order valence-corrected chi connectivity index (χ4v) is 1.50. The summed E-state index contributed by atoms with van der Waals surface area (Å²) < 4.78 is 0. The molecule has 1 atom stereocenters. The molecule has 0 saturated carbocycles. The van der Waals surface area contributed by atoms with Gasteiger partial charge in [-0.15, -0.1) is 11.6 Å². The minimum atomic E-state index is 0.227. The molecule has 1 unspecified atom stereocenters. The summed E-state index contributed by atoms with van der Waals surface area (Å²) in [5.41, 5.74) is 4.10. The van der Waals surface area contributed by atoms with E-state index in [1.807, 2.05) is 6.92 Å². The van der Waals surface area contributed by atoms with Gasteiger partial charge in [0.1, 0.15) is 0 Å². The second kappa shape index (κ2) is 3.95. The lowest BCUT2D eigenvalue weighted by Gasteiger charge is -2.09. The van der Waals surface area contributed by atoms with E-state index in [-0.39, 0.29) is 5.38 Å². The van der Waals surface area contributed by atoms with Gasteiger partial charge in [-0.05, 0) is 43.9 Å². The number of alkyl halides is 1. The van der Waals surface area contributed by atoms with Crippen LogP contribution < -0.4 is 0 Å². The smallest absolute Gasteiger partial charge is 0.0348 e. The third kappa shape index (κ3) is 2.25. The number of halogens is 1. The van der Waals surface area contributed by atoms with Crippen LogP contribution in [-0.2, 0) is 6.42 Å². The zero-order valence-electron chi connectivity index (χ0n) is 7.89. The number of rotatable bonds is 2. The Kier molecular flexibility index (Phi) is 3.16. The van der Waals surface area contributed by atoms with Gasteiger partial charge in [0, 0.05) is 5.38 Å². The van der Waals surface area contributed by atoms with Crippen LogP contribution in [0.3, 0.4) is 0 Å². The molecule has 0 radical (unpaired) electrons. The molecule has 0 aliphatic heterocycles. The van der Waals surface area contributed by atoms with Gasteiger partial charge in [-0.1, -0.05) is 18.2 Å². The van der Waals surface area contributed by atoms with E-state index in [4.69, 9.17) is 11.6 Å². The molecule has 1 rings (SSSR count). The van der Waals surface area contributed by atoms with Gasteiger partial charge in [-0.3, -0.25) is 0 Å². The van der Waals surface area contributed by atoms with Crippen LogP contribution >= 0.6 is 11.6 Å². The topological polar surface area (TPSA) is 0 Å². The van der Waals surface area contributed by atoms with Crippen molar-refractivity contribution >= 4 is 11.6 Å². The number of hydrogen-bond acceptors (Lipinski definition) is 0. The van der Waals surface area contributed by atoms with Gasteiger partial charge in [0.2, 0.25) is 0 Å². The fraction of sp³-hybridized carbons (Fsp3) is 0.455. The van der Waals surface area contributed by atoms with E-state index in [0.717, 1.165) is 6.42 Å². The maximum absolute atomic E-state index is 5.94. The zero-order chi connectivity index (χ0) is 9.14. The first-order chi connectivity index (χ1) is 5.61. The molecule has 1 heteroatoms. The fourth-order valence-electron chi connectivity index (χ4n) is 1.34. The molecule has 0 saturated heterocycles. The van der Waals surface area contributed by atoms with Crippen molar-refractivity contribution in [3.05, 3.63) is 34.9 Å². The van der Waals surface area contributed by atoms with Crippen molar-refractivity contribution in [2.24, 2.45) is 0 Å². The summed E-state index contributed by atoms with van der Waals surface area (Å²) in [5.74, 6) is 0. The molecule has 0 bridgehead atoms. The van der Waals surface area contributed by atoms with Crippen molar-refractivity contribution in [2.75, 3.05) is 0 Å². The molecule has 0 N–H and O–H groups in total. The number of hydrogen-bond donors (Lipinski definition) is 0. The lowest BCUT2D eigenvalue weighted by atomic mass is 10.0. The van der Waals surface area contributed by atoms with Gasteiger partial charge < -0.3 is 0 Å². The van der Waals surface area contributed by atoms with Crippen LogP contribution in [0.25, 0.3) is 0 Å². The Morgan fingerprint density at radius 3 is 2.58 bits per heavy atom. The Balaban J connectivity index is 2.92. The van der Waals surface area contributed by atoms with Crippen molar-refractivity contribution in [2.45, 2.75) is 32.6 Å². The van der Waals surface area contributed by atoms with Crippen LogP contribution in [0.15, 0.2) is 18.2 Å². The lowest BCUT2D eigenvalue weighted by Crippen LogP contribution is -2.00. The summed E-state index contributed by atoms with van der Waals surface area (Å²) in [6, 6.07) is 6.38. The van der Waals surface area contributed by atoms with E-state index in [2.05, 4.69) is 32.0 Å². The molecule has 0 aromatic heterocycles. The van der Waals surface area contributed by atoms with Gasteiger partial charge >= 0.3 is 0 Å². The van der Waals surface area contributed by atoms with Gasteiger partial charge in [0.25, 0.3) is 0 Å². The van der Waals surface area contributed by atoms with E-state index in [1.54, 1.807) is 0 Å². The average Bonchev–Trinajstić information content (AvgIpc) is 1.98. The first-order valence-corrected chi connectivity index (χ1v) is 4.74. The van der Waals surface area contributed by atoms with E-state index in [1.165, 1.54) is 16.7 Å². The monoisotopic (exact) mass is 182 g/mol. The van der Waals surface area contributed by atoms with Gasteiger partial charge in [-0.25, -0.2) is 0 Å². The van der Waals surface area contributed by atoms with E-state index >= 15 is 0 Å². The van der Waals surface area contributed by atoms with E-state index in [0.29, 0.717) is 0 Å². The maximum Gasteiger partial charge on any atom is 0.0348 e. The third-order valence-electron chi connectivity index (χ3n) is 2.22. The van der Waals surface area contributed by atoms with Crippen molar-refractivity contribution in [3.8, 4) is 0 Å². The maximum atomic E-state index is 5.94. The highest BCUT2D eigenvalue weighted by molar-refractivity contribution is 6.20. The molecule has 1 aromatic rings. The predicted molar refractivity (Wildman–Crippen MR) is 54.9 cm³/mol. The Morgan fingerprint density at radius 2 is 2.00 bits per heavy atom. The predicted octanol–water partition coefficient (Wildman–Crippen LogP) is 3.47. The Labute approximate surface area is 79.6 Å². The molecule has 0 aliphatic carbocycles. The molecule has 0 amide bonds. The normalized spacial score (nSPS) is 13.0. The van der Waals surface area contributed by atoms with Crippen molar-refractivity contribution in [1.82, 2.24) is 0 Å². The minimum absolute atomic E-state index is 0.227. The minimum Gasteiger partial charge on any atom is -0.123 e. The SMILES string of the molecule is Cc1cccc(CC(C)Cl)c1C. The molecular formula is C11H15Cl. The second-order valence-corrected chi connectivity index (χ2v) is 4.09.